The van der Waals surface area contributed by atoms with E-state index in [0.717, 1.165) is 28.2 Å². The van der Waals surface area contributed by atoms with Gasteiger partial charge in [-0.2, -0.15) is 0 Å². The molecule has 0 unspecified atom stereocenters. The fourth-order valence-electron chi connectivity index (χ4n) is 2.70. The minimum absolute atomic E-state index is 0.513. The van der Waals surface area contributed by atoms with Gasteiger partial charge in [0.1, 0.15) is 17.4 Å². The molecule has 0 radical (unpaired) electrons. The third kappa shape index (κ3) is 2.01. The van der Waals surface area contributed by atoms with Crippen molar-refractivity contribution in [2.45, 2.75) is 18.9 Å². The first-order valence-corrected chi connectivity index (χ1v) is 7.04. The predicted molar refractivity (Wildman–Crippen MR) is 82.2 cm³/mol. The molecule has 1 fully saturated rings. The lowest BCUT2D eigenvalue weighted by Gasteiger charge is -2.08. The van der Waals surface area contributed by atoms with Crippen LogP contribution in [0, 0.1) is 0 Å². The van der Waals surface area contributed by atoms with Crippen molar-refractivity contribution in [3.63, 3.8) is 0 Å². The van der Waals surface area contributed by atoms with E-state index in [1.165, 1.54) is 12.8 Å². The van der Waals surface area contributed by atoms with Gasteiger partial charge in [-0.25, -0.2) is 9.97 Å². The number of nitrogens with two attached hydrogens (primary N) is 1. The molecule has 1 aliphatic carbocycles. The first kappa shape index (κ1) is 12.2. The molecule has 21 heavy (non-hydrogen) atoms. The molecule has 5 nitrogen and oxygen atoms in total. The van der Waals surface area contributed by atoms with Crippen molar-refractivity contribution in [2.75, 3.05) is 12.8 Å². The van der Waals surface area contributed by atoms with Crippen molar-refractivity contribution in [3.8, 4) is 17.1 Å². The summed E-state index contributed by atoms with van der Waals surface area (Å²) in [6, 6.07) is 10.4. The summed E-state index contributed by atoms with van der Waals surface area (Å²) in [7, 11) is 1.67. The number of ether oxygens (including phenoxy) is 1. The summed E-state index contributed by atoms with van der Waals surface area (Å²) in [6.07, 6.45) is 4.12. The Hall–Kier alpha value is -2.56. The van der Waals surface area contributed by atoms with E-state index in [1.807, 2.05) is 24.3 Å². The van der Waals surface area contributed by atoms with E-state index in [0.29, 0.717) is 11.9 Å². The standard InChI is InChI=1S/C16H16N4O/c1-21-12-4-5-14-13(9-12)19-16(20(14)11-2-3-11)10-6-7-18-15(17)8-10/h4-9,11H,2-3H2,1H3,(H2,17,18). The second kappa shape index (κ2) is 4.48. The van der Waals surface area contributed by atoms with Crippen molar-refractivity contribution in [2.24, 2.45) is 0 Å². The van der Waals surface area contributed by atoms with E-state index >= 15 is 0 Å². The zero-order chi connectivity index (χ0) is 14.4. The number of hydrogen-bond acceptors (Lipinski definition) is 4. The lowest BCUT2D eigenvalue weighted by atomic mass is 10.2. The van der Waals surface area contributed by atoms with Gasteiger partial charge in [0, 0.05) is 23.9 Å². The van der Waals surface area contributed by atoms with E-state index in [-0.39, 0.29) is 0 Å². The zero-order valence-electron chi connectivity index (χ0n) is 11.8. The van der Waals surface area contributed by atoms with Gasteiger partial charge in [-0.3, -0.25) is 0 Å². The van der Waals surface area contributed by atoms with Gasteiger partial charge in [0.15, 0.2) is 0 Å². The van der Waals surface area contributed by atoms with Crippen molar-refractivity contribution >= 4 is 16.9 Å². The molecule has 1 aliphatic rings. The molecule has 0 aliphatic heterocycles. The van der Waals surface area contributed by atoms with Crippen molar-refractivity contribution < 1.29 is 4.74 Å². The molecular formula is C16H16N4O. The van der Waals surface area contributed by atoms with Gasteiger partial charge in [0.25, 0.3) is 0 Å². The summed E-state index contributed by atoms with van der Waals surface area (Å²) in [5, 5.41) is 0. The number of aromatic nitrogens is 3. The van der Waals surface area contributed by atoms with Crippen LogP contribution in [-0.4, -0.2) is 21.6 Å². The number of hydrogen-bond donors (Lipinski definition) is 1. The molecule has 2 aromatic heterocycles. The molecule has 106 valence electrons. The van der Waals surface area contributed by atoms with E-state index in [4.69, 9.17) is 15.5 Å². The molecule has 0 saturated heterocycles. The van der Waals surface area contributed by atoms with Crippen LogP contribution in [0.1, 0.15) is 18.9 Å². The smallest absolute Gasteiger partial charge is 0.141 e. The first-order valence-electron chi connectivity index (χ1n) is 7.04. The maximum absolute atomic E-state index is 5.81. The van der Waals surface area contributed by atoms with Crippen LogP contribution >= 0.6 is 0 Å². The number of nitrogens with zero attached hydrogens (tertiary/aromatic N) is 3. The fourth-order valence-corrected chi connectivity index (χ4v) is 2.70. The lowest BCUT2D eigenvalue weighted by molar-refractivity contribution is 0.415. The average molecular weight is 280 g/mol. The highest BCUT2D eigenvalue weighted by atomic mass is 16.5. The molecule has 0 amide bonds. The zero-order valence-corrected chi connectivity index (χ0v) is 11.8. The van der Waals surface area contributed by atoms with Crippen LogP contribution in [0.5, 0.6) is 5.75 Å². The monoisotopic (exact) mass is 280 g/mol. The van der Waals surface area contributed by atoms with Crippen molar-refractivity contribution in [3.05, 3.63) is 36.5 Å². The van der Waals surface area contributed by atoms with Crippen LogP contribution in [0.25, 0.3) is 22.4 Å². The Kier molecular flexibility index (Phi) is 2.60. The van der Waals surface area contributed by atoms with E-state index in [9.17, 15) is 0 Å². The number of rotatable bonds is 3. The van der Waals surface area contributed by atoms with Gasteiger partial charge in [0.05, 0.1) is 18.1 Å². The molecule has 0 atom stereocenters. The highest BCUT2D eigenvalue weighted by molar-refractivity contribution is 5.82. The van der Waals surface area contributed by atoms with E-state index in [2.05, 4.69) is 15.6 Å². The van der Waals surface area contributed by atoms with Gasteiger partial charge in [-0.05, 0) is 37.1 Å². The predicted octanol–water partition coefficient (Wildman–Crippen LogP) is 3.02. The fraction of sp³-hybridized carbons (Fsp3) is 0.250. The Balaban J connectivity index is 1.97. The van der Waals surface area contributed by atoms with Gasteiger partial charge in [-0.1, -0.05) is 0 Å². The second-order valence-corrected chi connectivity index (χ2v) is 5.36. The Bertz CT molecular complexity index is 820. The highest BCUT2D eigenvalue weighted by Gasteiger charge is 2.28. The largest absolute Gasteiger partial charge is 0.497 e. The van der Waals surface area contributed by atoms with E-state index in [1.54, 1.807) is 13.3 Å². The second-order valence-electron chi connectivity index (χ2n) is 5.36. The van der Waals surface area contributed by atoms with Gasteiger partial charge in [-0.15, -0.1) is 0 Å². The Morgan fingerprint density at radius 1 is 1.24 bits per heavy atom. The van der Waals surface area contributed by atoms with Crippen LogP contribution in [0.15, 0.2) is 36.5 Å². The summed E-state index contributed by atoms with van der Waals surface area (Å²) in [6.45, 7) is 0. The molecule has 0 bridgehead atoms. The summed E-state index contributed by atoms with van der Waals surface area (Å²) in [5.74, 6) is 2.29. The van der Waals surface area contributed by atoms with Crippen LogP contribution in [0.4, 0.5) is 5.82 Å². The molecule has 2 heterocycles. The molecular weight excluding hydrogens is 264 g/mol. The minimum Gasteiger partial charge on any atom is -0.497 e. The van der Waals surface area contributed by atoms with Crippen molar-refractivity contribution in [1.29, 1.82) is 0 Å². The normalized spacial score (nSPS) is 14.5. The molecule has 1 aromatic carbocycles. The highest BCUT2D eigenvalue weighted by Crippen LogP contribution is 2.41. The van der Waals surface area contributed by atoms with Crippen LogP contribution in [0.2, 0.25) is 0 Å². The Morgan fingerprint density at radius 2 is 2.10 bits per heavy atom. The number of fused-ring (bicyclic) bond motifs is 1. The maximum atomic E-state index is 5.81. The van der Waals surface area contributed by atoms with Crippen LogP contribution < -0.4 is 10.5 Å². The molecule has 4 rings (SSSR count). The van der Waals surface area contributed by atoms with Gasteiger partial charge < -0.3 is 15.0 Å². The maximum Gasteiger partial charge on any atom is 0.141 e. The minimum atomic E-state index is 0.513. The Morgan fingerprint density at radius 3 is 2.81 bits per heavy atom. The summed E-state index contributed by atoms with van der Waals surface area (Å²) >= 11 is 0. The van der Waals surface area contributed by atoms with E-state index < -0.39 is 0 Å². The number of nitrogen functional groups attached to an aromatic ring is 1. The lowest BCUT2D eigenvalue weighted by Crippen LogP contribution is -1.98. The van der Waals surface area contributed by atoms with Crippen molar-refractivity contribution in [1.82, 2.24) is 14.5 Å². The molecule has 1 saturated carbocycles. The quantitative estimate of drug-likeness (QED) is 0.801. The number of pyridine rings is 1. The summed E-state index contributed by atoms with van der Waals surface area (Å²) in [4.78, 5) is 8.85. The number of benzene rings is 1. The van der Waals surface area contributed by atoms with Gasteiger partial charge >= 0.3 is 0 Å². The topological polar surface area (TPSA) is 66.0 Å². The number of anilines is 1. The molecule has 3 aromatic rings. The molecule has 5 heteroatoms. The summed E-state index contributed by atoms with van der Waals surface area (Å²) < 4.78 is 7.60. The number of methoxy groups -OCH3 is 1. The summed E-state index contributed by atoms with van der Waals surface area (Å²) in [5.41, 5.74) is 8.91. The first-order chi connectivity index (χ1) is 10.3. The third-order valence-electron chi connectivity index (χ3n) is 3.85. The SMILES string of the molecule is COc1ccc2c(c1)nc(-c1ccnc(N)c1)n2C1CC1. The Labute approximate surface area is 122 Å². The third-order valence-corrected chi connectivity index (χ3v) is 3.85. The average Bonchev–Trinajstić information content (AvgIpc) is 3.26. The molecule has 2 N–H and O–H groups in total. The molecule has 0 spiro atoms. The van der Waals surface area contributed by atoms with Crippen LogP contribution in [-0.2, 0) is 0 Å². The van der Waals surface area contributed by atoms with Gasteiger partial charge in [0.2, 0.25) is 0 Å². The number of imidazole rings is 1. The van der Waals surface area contributed by atoms with Crippen LogP contribution in [0.3, 0.4) is 0 Å².